The second kappa shape index (κ2) is 7.62. The molecular formula is C17H30N4. The summed E-state index contributed by atoms with van der Waals surface area (Å²) < 4.78 is 0. The number of nitrogens with zero attached hydrogens (tertiary/aromatic N) is 2. The Kier molecular flexibility index (Phi) is 5.83. The Bertz CT molecular complexity index is 436. The quantitative estimate of drug-likeness (QED) is 0.814. The predicted octanol–water partition coefficient (Wildman–Crippen LogP) is 4.41. The van der Waals surface area contributed by atoms with Crippen molar-refractivity contribution in [3.05, 3.63) is 11.9 Å². The van der Waals surface area contributed by atoms with Gasteiger partial charge in [-0.1, -0.05) is 27.2 Å². The van der Waals surface area contributed by atoms with Gasteiger partial charge in [-0.2, -0.15) is 0 Å². The molecule has 2 N–H and O–H groups in total. The molecule has 118 valence electrons. The summed E-state index contributed by atoms with van der Waals surface area (Å²) in [5.74, 6) is 3.34. The molecule has 0 radical (unpaired) electrons. The first-order valence-corrected chi connectivity index (χ1v) is 8.50. The molecule has 1 heterocycles. The number of hydrogen-bond donors (Lipinski definition) is 2. The van der Waals surface area contributed by atoms with E-state index < -0.39 is 0 Å². The summed E-state index contributed by atoms with van der Waals surface area (Å²) in [7, 11) is 0. The van der Waals surface area contributed by atoms with Crippen LogP contribution in [0.25, 0.3) is 0 Å². The van der Waals surface area contributed by atoms with E-state index in [9.17, 15) is 0 Å². The molecule has 1 aliphatic rings. The molecule has 0 saturated heterocycles. The van der Waals surface area contributed by atoms with E-state index in [0.717, 1.165) is 24.1 Å². The van der Waals surface area contributed by atoms with Gasteiger partial charge in [0.25, 0.3) is 0 Å². The third kappa shape index (κ3) is 4.08. The third-order valence-electron chi connectivity index (χ3n) is 4.57. The van der Waals surface area contributed by atoms with Gasteiger partial charge in [-0.15, -0.1) is 0 Å². The van der Waals surface area contributed by atoms with Crippen molar-refractivity contribution in [1.29, 1.82) is 0 Å². The summed E-state index contributed by atoms with van der Waals surface area (Å²) in [6.07, 6.45) is 8.20. The lowest BCUT2D eigenvalue weighted by Crippen LogP contribution is -2.27. The van der Waals surface area contributed by atoms with Crippen LogP contribution in [0.5, 0.6) is 0 Å². The van der Waals surface area contributed by atoms with Crippen molar-refractivity contribution >= 4 is 11.6 Å². The zero-order chi connectivity index (χ0) is 15.2. The van der Waals surface area contributed by atoms with E-state index in [0.29, 0.717) is 12.0 Å². The molecule has 0 amide bonds. The van der Waals surface area contributed by atoms with Gasteiger partial charge in [-0.05, 0) is 44.4 Å². The van der Waals surface area contributed by atoms with Crippen LogP contribution in [0.4, 0.5) is 11.6 Å². The van der Waals surface area contributed by atoms with Gasteiger partial charge in [0.05, 0.1) is 0 Å². The van der Waals surface area contributed by atoms with Crippen LogP contribution in [0.1, 0.15) is 71.3 Å². The van der Waals surface area contributed by atoms with E-state index in [4.69, 9.17) is 0 Å². The molecule has 4 heteroatoms. The number of hydrogen-bond acceptors (Lipinski definition) is 4. The summed E-state index contributed by atoms with van der Waals surface area (Å²) in [6, 6.07) is 0.565. The van der Waals surface area contributed by atoms with Crippen LogP contribution in [-0.2, 0) is 0 Å². The zero-order valence-electron chi connectivity index (χ0n) is 13.9. The van der Waals surface area contributed by atoms with Gasteiger partial charge in [0, 0.05) is 18.2 Å². The SMILES string of the molecule is CCNc1ncnc(NC2CCC(CC)CC2)c1C(C)C. The summed E-state index contributed by atoms with van der Waals surface area (Å²) in [5.41, 5.74) is 1.22. The number of rotatable bonds is 6. The van der Waals surface area contributed by atoms with Crippen LogP contribution in [0.3, 0.4) is 0 Å². The Balaban J connectivity index is 2.10. The molecule has 2 rings (SSSR count). The van der Waals surface area contributed by atoms with E-state index in [1.54, 1.807) is 6.33 Å². The van der Waals surface area contributed by atoms with Crippen molar-refractivity contribution in [1.82, 2.24) is 9.97 Å². The van der Waals surface area contributed by atoms with Crippen molar-refractivity contribution in [3.8, 4) is 0 Å². The molecule has 1 fully saturated rings. The Morgan fingerprint density at radius 3 is 2.33 bits per heavy atom. The monoisotopic (exact) mass is 290 g/mol. The van der Waals surface area contributed by atoms with Crippen LogP contribution in [0.15, 0.2) is 6.33 Å². The average Bonchev–Trinajstić information content (AvgIpc) is 2.48. The van der Waals surface area contributed by atoms with E-state index in [1.165, 1.54) is 37.7 Å². The normalized spacial score (nSPS) is 22.3. The first kappa shape index (κ1) is 16.1. The molecule has 1 aliphatic carbocycles. The van der Waals surface area contributed by atoms with Crippen LogP contribution < -0.4 is 10.6 Å². The fraction of sp³-hybridized carbons (Fsp3) is 0.765. The largest absolute Gasteiger partial charge is 0.370 e. The molecule has 0 spiro atoms. The molecule has 0 aromatic carbocycles. The van der Waals surface area contributed by atoms with Gasteiger partial charge >= 0.3 is 0 Å². The predicted molar refractivity (Wildman–Crippen MR) is 89.9 cm³/mol. The minimum Gasteiger partial charge on any atom is -0.370 e. The van der Waals surface area contributed by atoms with Gasteiger partial charge in [-0.25, -0.2) is 9.97 Å². The highest BCUT2D eigenvalue weighted by molar-refractivity contribution is 5.59. The molecule has 1 aromatic rings. The van der Waals surface area contributed by atoms with Crippen LogP contribution in [0, 0.1) is 5.92 Å². The number of aromatic nitrogens is 2. The Hall–Kier alpha value is -1.32. The fourth-order valence-electron chi connectivity index (χ4n) is 3.27. The highest BCUT2D eigenvalue weighted by Crippen LogP contribution is 2.32. The first-order chi connectivity index (χ1) is 10.2. The lowest BCUT2D eigenvalue weighted by molar-refractivity contribution is 0.329. The lowest BCUT2D eigenvalue weighted by Gasteiger charge is -2.30. The smallest absolute Gasteiger partial charge is 0.135 e. The topological polar surface area (TPSA) is 49.8 Å². The summed E-state index contributed by atoms with van der Waals surface area (Å²) >= 11 is 0. The Morgan fingerprint density at radius 2 is 1.76 bits per heavy atom. The first-order valence-electron chi connectivity index (χ1n) is 8.50. The summed E-state index contributed by atoms with van der Waals surface area (Å²) in [5, 5.41) is 7.04. The van der Waals surface area contributed by atoms with Crippen molar-refractivity contribution in [2.45, 2.75) is 71.8 Å². The molecule has 4 nitrogen and oxygen atoms in total. The number of nitrogens with one attached hydrogen (secondary N) is 2. The van der Waals surface area contributed by atoms with Crippen LogP contribution in [-0.4, -0.2) is 22.6 Å². The maximum Gasteiger partial charge on any atom is 0.135 e. The fourth-order valence-corrected chi connectivity index (χ4v) is 3.27. The molecule has 1 aromatic heterocycles. The Labute approximate surface area is 129 Å². The van der Waals surface area contributed by atoms with Crippen molar-refractivity contribution in [3.63, 3.8) is 0 Å². The standard InChI is InChI=1S/C17H30N4/c1-5-13-7-9-14(10-8-13)21-17-15(12(3)4)16(18-6-2)19-11-20-17/h11-14H,5-10H2,1-4H3,(H2,18,19,20,21). The third-order valence-corrected chi connectivity index (χ3v) is 4.57. The molecule has 21 heavy (non-hydrogen) atoms. The minimum absolute atomic E-state index is 0.412. The van der Waals surface area contributed by atoms with Gasteiger partial charge < -0.3 is 10.6 Å². The minimum atomic E-state index is 0.412. The van der Waals surface area contributed by atoms with E-state index in [2.05, 4.69) is 48.3 Å². The van der Waals surface area contributed by atoms with Crippen molar-refractivity contribution < 1.29 is 0 Å². The molecule has 0 aliphatic heterocycles. The van der Waals surface area contributed by atoms with Gasteiger partial charge in [0.15, 0.2) is 0 Å². The van der Waals surface area contributed by atoms with Crippen molar-refractivity contribution in [2.24, 2.45) is 5.92 Å². The molecular weight excluding hydrogens is 260 g/mol. The van der Waals surface area contributed by atoms with Crippen LogP contribution in [0.2, 0.25) is 0 Å². The molecule has 0 bridgehead atoms. The molecule has 1 saturated carbocycles. The van der Waals surface area contributed by atoms with Crippen molar-refractivity contribution in [2.75, 3.05) is 17.2 Å². The zero-order valence-corrected chi connectivity index (χ0v) is 13.9. The second-order valence-electron chi connectivity index (χ2n) is 6.44. The molecule has 0 unspecified atom stereocenters. The number of anilines is 2. The molecule has 0 atom stereocenters. The van der Waals surface area contributed by atoms with Gasteiger partial charge in [0.2, 0.25) is 0 Å². The summed E-state index contributed by atoms with van der Waals surface area (Å²) in [4.78, 5) is 8.92. The highest BCUT2D eigenvalue weighted by Gasteiger charge is 2.22. The average molecular weight is 290 g/mol. The van der Waals surface area contributed by atoms with Gasteiger partial charge in [-0.3, -0.25) is 0 Å². The van der Waals surface area contributed by atoms with E-state index in [-0.39, 0.29) is 0 Å². The highest BCUT2D eigenvalue weighted by atomic mass is 15.1. The Morgan fingerprint density at radius 1 is 1.10 bits per heavy atom. The van der Waals surface area contributed by atoms with E-state index >= 15 is 0 Å². The summed E-state index contributed by atoms with van der Waals surface area (Å²) in [6.45, 7) is 9.71. The van der Waals surface area contributed by atoms with Crippen LogP contribution >= 0.6 is 0 Å². The lowest BCUT2D eigenvalue weighted by atomic mass is 9.84. The van der Waals surface area contributed by atoms with E-state index in [1.807, 2.05) is 0 Å². The second-order valence-corrected chi connectivity index (χ2v) is 6.44. The maximum atomic E-state index is 4.51. The van der Waals surface area contributed by atoms with Gasteiger partial charge in [0.1, 0.15) is 18.0 Å². The maximum absolute atomic E-state index is 4.51.